The van der Waals surface area contributed by atoms with Crippen molar-refractivity contribution in [2.75, 3.05) is 44.2 Å². The van der Waals surface area contributed by atoms with Gasteiger partial charge in [0.15, 0.2) is 11.6 Å². The van der Waals surface area contributed by atoms with Crippen LogP contribution in [0.5, 0.6) is 0 Å². The summed E-state index contributed by atoms with van der Waals surface area (Å²) in [6.45, 7) is 3.46. The molecule has 1 saturated heterocycles. The second kappa shape index (κ2) is 9.36. The number of aliphatic hydroxyl groups excluding tert-OH is 1. The van der Waals surface area contributed by atoms with E-state index in [4.69, 9.17) is 39.9 Å². The summed E-state index contributed by atoms with van der Waals surface area (Å²) in [6, 6.07) is 6.13. The van der Waals surface area contributed by atoms with E-state index >= 15 is 0 Å². The maximum Gasteiger partial charge on any atom is 0.280 e. The van der Waals surface area contributed by atoms with Crippen LogP contribution in [-0.2, 0) is 3.79 Å². The highest BCUT2D eigenvalue weighted by atomic mass is 35.6. The second-order valence-electron chi connectivity index (χ2n) is 6.46. The lowest BCUT2D eigenvalue weighted by Gasteiger charge is -2.23. The van der Waals surface area contributed by atoms with Crippen molar-refractivity contribution in [3.63, 3.8) is 0 Å². The summed E-state index contributed by atoms with van der Waals surface area (Å²) in [5.74, 6) is 0.262. The number of nitrogens with zero attached hydrogens (tertiary/aromatic N) is 6. The average molecular weight is 462 g/mol. The third kappa shape index (κ3) is 5.43. The lowest BCUT2D eigenvalue weighted by Crippen LogP contribution is -2.33. The van der Waals surface area contributed by atoms with Crippen molar-refractivity contribution < 1.29 is 10.0 Å². The third-order valence-corrected chi connectivity index (χ3v) is 5.01. The Bertz CT molecular complexity index is 880. The van der Waals surface area contributed by atoms with Crippen molar-refractivity contribution in [2.24, 2.45) is 0 Å². The molecule has 156 valence electrons. The maximum absolute atomic E-state index is 11.4. The van der Waals surface area contributed by atoms with E-state index < -0.39 is 8.72 Å². The van der Waals surface area contributed by atoms with Crippen molar-refractivity contribution in [3.8, 4) is 11.4 Å². The van der Waals surface area contributed by atoms with Gasteiger partial charge in [-0.05, 0) is 19.0 Å². The number of aliphatic hydroxyl groups is 1. The fourth-order valence-corrected chi connectivity index (χ4v) is 3.36. The number of aromatic nitrogens is 3. The number of rotatable bonds is 5. The van der Waals surface area contributed by atoms with Crippen molar-refractivity contribution in [1.29, 1.82) is 0 Å². The molecule has 2 aromatic rings. The number of benzene rings is 1. The number of nitro groups is 1. The van der Waals surface area contributed by atoms with Gasteiger partial charge >= 0.3 is 0 Å². The van der Waals surface area contributed by atoms with Crippen LogP contribution in [0.25, 0.3) is 11.4 Å². The summed E-state index contributed by atoms with van der Waals surface area (Å²) in [7, 11) is 0. The molecule has 1 fully saturated rings. The van der Waals surface area contributed by atoms with Crippen molar-refractivity contribution in [2.45, 2.75) is 10.2 Å². The molecule has 1 N–H and O–H groups in total. The first-order valence-electron chi connectivity index (χ1n) is 8.95. The van der Waals surface area contributed by atoms with Crippen LogP contribution in [0.15, 0.2) is 24.3 Å². The molecule has 0 atom stereocenters. The first kappa shape index (κ1) is 21.9. The maximum atomic E-state index is 11.4. The van der Waals surface area contributed by atoms with Crippen LogP contribution in [0.2, 0.25) is 0 Å². The number of alkyl halides is 3. The van der Waals surface area contributed by atoms with Gasteiger partial charge in [0.2, 0.25) is 9.74 Å². The fourth-order valence-electron chi connectivity index (χ4n) is 3.11. The van der Waals surface area contributed by atoms with Crippen molar-refractivity contribution >= 4 is 46.4 Å². The van der Waals surface area contributed by atoms with Gasteiger partial charge in [0, 0.05) is 32.2 Å². The average Bonchev–Trinajstić information content (AvgIpc) is 2.93. The van der Waals surface area contributed by atoms with Crippen LogP contribution in [0.1, 0.15) is 12.2 Å². The van der Waals surface area contributed by atoms with Crippen LogP contribution < -0.4 is 4.90 Å². The predicted molar refractivity (Wildman–Crippen MR) is 112 cm³/mol. The summed E-state index contributed by atoms with van der Waals surface area (Å²) in [5.41, 5.74) is 0.0679. The van der Waals surface area contributed by atoms with E-state index in [-0.39, 0.29) is 29.5 Å². The van der Waals surface area contributed by atoms with Crippen LogP contribution in [0.3, 0.4) is 0 Å². The molecule has 1 aromatic carbocycles. The molecule has 12 heteroatoms. The normalized spacial score (nSPS) is 15.9. The van der Waals surface area contributed by atoms with Gasteiger partial charge in [-0.2, -0.15) is 9.97 Å². The molecule has 3 rings (SSSR count). The van der Waals surface area contributed by atoms with Gasteiger partial charge < -0.3 is 10.0 Å². The number of anilines is 1. The molecular weight excluding hydrogens is 443 g/mol. The minimum Gasteiger partial charge on any atom is -0.395 e. The van der Waals surface area contributed by atoms with Gasteiger partial charge in [-0.3, -0.25) is 15.0 Å². The van der Waals surface area contributed by atoms with Crippen molar-refractivity contribution in [1.82, 2.24) is 19.9 Å². The Labute approximate surface area is 182 Å². The molecule has 29 heavy (non-hydrogen) atoms. The SMILES string of the molecule is O=[N+]([O-])c1ccccc1-c1nc(N2CCCN(CCO)CC2)nc(C(Cl)(Cl)Cl)n1. The smallest absolute Gasteiger partial charge is 0.280 e. The predicted octanol–water partition coefficient (Wildman–Crippen LogP) is 2.78. The monoisotopic (exact) mass is 460 g/mol. The molecule has 1 aliphatic rings. The van der Waals surface area contributed by atoms with Gasteiger partial charge in [0.1, 0.15) is 0 Å². The summed E-state index contributed by atoms with van der Waals surface area (Å²) >= 11 is 18.1. The summed E-state index contributed by atoms with van der Waals surface area (Å²) in [4.78, 5) is 27.9. The number of para-hydroxylation sites is 1. The van der Waals surface area contributed by atoms with Crippen LogP contribution in [0.4, 0.5) is 11.6 Å². The van der Waals surface area contributed by atoms with Gasteiger partial charge in [-0.25, -0.2) is 4.98 Å². The van der Waals surface area contributed by atoms with E-state index in [2.05, 4.69) is 19.9 Å². The second-order valence-corrected chi connectivity index (χ2v) is 8.74. The topological polar surface area (TPSA) is 109 Å². The lowest BCUT2D eigenvalue weighted by atomic mass is 10.1. The molecule has 0 amide bonds. The zero-order valence-electron chi connectivity index (χ0n) is 15.3. The van der Waals surface area contributed by atoms with Gasteiger partial charge in [-0.1, -0.05) is 46.9 Å². The van der Waals surface area contributed by atoms with E-state index in [0.717, 1.165) is 13.0 Å². The summed E-state index contributed by atoms with van der Waals surface area (Å²) < 4.78 is -1.91. The van der Waals surface area contributed by atoms with Crippen molar-refractivity contribution in [3.05, 3.63) is 40.2 Å². The molecule has 0 unspecified atom stereocenters. The Kier molecular flexibility index (Phi) is 7.07. The van der Waals surface area contributed by atoms with E-state index in [9.17, 15) is 10.1 Å². The zero-order chi connectivity index (χ0) is 21.0. The number of halogens is 3. The van der Waals surface area contributed by atoms with Crippen LogP contribution >= 0.6 is 34.8 Å². The summed E-state index contributed by atoms with van der Waals surface area (Å²) in [6.07, 6.45) is 0.829. The highest BCUT2D eigenvalue weighted by Crippen LogP contribution is 2.38. The fraction of sp³-hybridized carbons (Fsp3) is 0.471. The highest BCUT2D eigenvalue weighted by molar-refractivity contribution is 6.66. The first-order valence-corrected chi connectivity index (χ1v) is 10.1. The zero-order valence-corrected chi connectivity index (χ0v) is 17.6. The molecule has 1 aliphatic heterocycles. The lowest BCUT2D eigenvalue weighted by molar-refractivity contribution is -0.384. The molecule has 0 saturated carbocycles. The summed E-state index contributed by atoms with van der Waals surface area (Å²) in [5, 5.41) is 20.6. The minimum absolute atomic E-state index is 0.0695. The molecular formula is C17H19Cl3N6O3. The van der Waals surface area contributed by atoms with Crippen LogP contribution in [0, 0.1) is 10.1 Å². The Morgan fingerprint density at radius 2 is 1.86 bits per heavy atom. The largest absolute Gasteiger partial charge is 0.395 e. The molecule has 2 heterocycles. The molecule has 0 aliphatic carbocycles. The number of β-amino-alcohol motifs (C(OH)–C–C–N with tert-alkyl or cyclic N) is 1. The minimum atomic E-state index is -1.91. The molecule has 0 radical (unpaired) electrons. The Balaban J connectivity index is 2.03. The van der Waals surface area contributed by atoms with Gasteiger partial charge in [-0.15, -0.1) is 0 Å². The Morgan fingerprint density at radius 1 is 1.10 bits per heavy atom. The van der Waals surface area contributed by atoms with E-state index in [1.54, 1.807) is 18.2 Å². The van der Waals surface area contributed by atoms with Gasteiger partial charge in [0.25, 0.3) is 5.69 Å². The Morgan fingerprint density at radius 3 is 2.55 bits per heavy atom. The third-order valence-electron chi connectivity index (χ3n) is 4.51. The molecule has 9 nitrogen and oxygen atoms in total. The first-order chi connectivity index (χ1) is 13.8. The highest BCUT2D eigenvalue weighted by Gasteiger charge is 2.31. The standard InChI is InChI=1S/C17H19Cl3N6O3/c18-17(19,20)15-21-14(12-4-1-2-5-13(12)26(28)29)22-16(23-15)25-7-3-6-24(8-9-25)10-11-27/h1-2,4-5,27H,3,6-11H2. The van der Waals surface area contributed by atoms with E-state index in [0.29, 0.717) is 32.1 Å². The molecule has 0 bridgehead atoms. The number of nitro benzene ring substituents is 1. The Hall–Kier alpha value is -1.78. The number of hydrogen-bond donors (Lipinski definition) is 1. The number of hydrogen-bond acceptors (Lipinski definition) is 8. The molecule has 0 spiro atoms. The van der Waals surface area contributed by atoms with E-state index in [1.807, 2.05) is 4.90 Å². The van der Waals surface area contributed by atoms with Gasteiger partial charge in [0.05, 0.1) is 17.1 Å². The van der Waals surface area contributed by atoms with E-state index in [1.165, 1.54) is 6.07 Å². The van der Waals surface area contributed by atoms with Crippen LogP contribution in [-0.4, -0.2) is 69.2 Å². The quantitative estimate of drug-likeness (QED) is 0.411. The molecule has 1 aromatic heterocycles.